The molecule has 0 saturated carbocycles. The third-order valence-corrected chi connectivity index (χ3v) is 3.14. The standard InChI is InChI=1S/C15H18FN3O3/c1-22-9-12(20)6-7-17-15(21)13-8-18-19-14(13)10-2-4-11(16)5-3-10/h2-5,8,12,20H,6-7,9H2,1H3,(H,17,21)(H,18,19). The van der Waals surface area contributed by atoms with Crippen LogP contribution in [0.3, 0.4) is 0 Å². The first-order chi connectivity index (χ1) is 10.6. The van der Waals surface area contributed by atoms with Crippen LogP contribution in [-0.2, 0) is 4.74 Å². The molecule has 2 aromatic rings. The SMILES string of the molecule is COCC(O)CCNC(=O)c1cn[nH]c1-c1ccc(F)cc1. The number of aliphatic hydroxyl groups excluding tert-OH is 1. The van der Waals surface area contributed by atoms with Gasteiger partial charge >= 0.3 is 0 Å². The number of rotatable bonds is 7. The number of H-pyrrole nitrogens is 1. The lowest BCUT2D eigenvalue weighted by molar-refractivity contribution is 0.0588. The van der Waals surface area contributed by atoms with Gasteiger partial charge in [-0.1, -0.05) is 0 Å². The molecule has 0 radical (unpaired) electrons. The van der Waals surface area contributed by atoms with Gasteiger partial charge in [-0.05, 0) is 30.7 Å². The third-order valence-electron chi connectivity index (χ3n) is 3.14. The number of benzene rings is 1. The van der Waals surface area contributed by atoms with Gasteiger partial charge in [-0.25, -0.2) is 4.39 Å². The van der Waals surface area contributed by atoms with E-state index in [1.54, 1.807) is 12.1 Å². The van der Waals surface area contributed by atoms with Crippen LogP contribution >= 0.6 is 0 Å². The number of aliphatic hydroxyl groups is 1. The molecule has 1 aromatic heterocycles. The number of hydrogen-bond donors (Lipinski definition) is 3. The summed E-state index contributed by atoms with van der Waals surface area (Å²) in [6.07, 6.45) is 1.19. The van der Waals surface area contributed by atoms with E-state index in [2.05, 4.69) is 15.5 Å². The predicted octanol–water partition coefficient (Wildman–Crippen LogP) is 1.34. The second kappa shape index (κ2) is 7.67. The Morgan fingerprint density at radius 2 is 2.18 bits per heavy atom. The van der Waals surface area contributed by atoms with E-state index < -0.39 is 6.10 Å². The number of ether oxygens (including phenoxy) is 1. The monoisotopic (exact) mass is 307 g/mol. The Labute approximate surface area is 127 Å². The van der Waals surface area contributed by atoms with Crippen molar-refractivity contribution in [1.82, 2.24) is 15.5 Å². The van der Waals surface area contributed by atoms with E-state index in [1.807, 2.05) is 0 Å². The van der Waals surface area contributed by atoms with Crippen LogP contribution in [0.5, 0.6) is 0 Å². The van der Waals surface area contributed by atoms with Crippen molar-refractivity contribution in [3.8, 4) is 11.3 Å². The molecule has 7 heteroatoms. The average Bonchev–Trinajstić information content (AvgIpc) is 2.97. The van der Waals surface area contributed by atoms with E-state index in [9.17, 15) is 14.3 Å². The first-order valence-electron chi connectivity index (χ1n) is 6.86. The van der Waals surface area contributed by atoms with E-state index in [-0.39, 0.29) is 18.3 Å². The summed E-state index contributed by atoms with van der Waals surface area (Å²) < 4.78 is 17.8. The Kier molecular flexibility index (Phi) is 5.62. The normalized spacial score (nSPS) is 12.1. The molecule has 1 aromatic carbocycles. The van der Waals surface area contributed by atoms with E-state index in [1.165, 1.54) is 25.4 Å². The maximum absolute atomic E-state index is 13.0. The van der Waals surface area contributed by atoms with Gasteiger partial charge in [0.25, 0.3) is 5.91 Å². The van der Waals surface area contributed by atoms with Gasteiger partial charge in [-0.15, -0.1) is 0 Å². The van der Waals surface area contributed by atoms with Crippen LogP contribution in [0.1, 0.15) is 16.8 Å². The van der Waals surface area contributed by atoms with Crippen LogP contribution in [0.2, 0.25) is 0 Å². The van der Waals surface area contributed by atoms with Crippen LogP contribution in [0, 0.1) is 5.82 Å². The van der Waals surface area contributed by atoms with E-state index >= 15 is 0 Å². The zero-order chi connectivity index (χ0) is 15.9. The lowest BCUT2D eigenvalue weighted by atomic mass is 10.1. The highest BCUT2D eigenvalue weighted by Gasteiger charge is 2.15. The minimum Gasteiger partial charge on any atom is -0.391 e. The Bertz CT molecular complexity index is 613. The zero-order valence-electron chi connectivity index (χ0n) is 12.2. The Morgan fingerprint density at radius 3 is 2.86 bits per heavy atom. The summed E-state index contributed by atoms with van der Waals surface area (Å²) in [5, 5.41) is 18.8. The van der Waals surface area contributed by atoms with E-state index in [0.29, 0.717) is 29.8 Å². The zero-order valence-corrected chi connectivity index (χ0v) is 12.2. The van der Waals surface area contributed by atoms with Gasteiger partial charge in [0, 0.05) is 19.2 Å². The lowest BCUT2D eigenvalue weighted by Crippen LogP contribution is -2.28. The van der Waals surface area contributed by atoms with Crippen LogP contribution < -0.4 is 5.32 Å². The van der Waals surface area contributed by atoms with Gasteiger partial charge in [0.1, 0.15) is 5.82 Å². The molecular weight excluding hydrogens is 289 g/mol. The summed E-state index contributed by atoms with van der Waals surface area (Å²) in [4.78, 5) is 12.1. The smallest absolute Gasteiger partial charge is 0.255 e. The molecule has 2 rings (SSSR count). The fourth-order valence-corrected chi connectivity index (χ4v) is 2.02. The summed E-state index contributed by atoms with van der Waals surface area (Å²) in [6.45, 7) is 0.541. The molecule has 118 valence electrons. The number of halogens is 1. The molecule has 1 heterocycles. The summed E-state index contributed by atoms with van der Waals surface area (Å²) in [6, 6.07) is 5.78. The summed E-state index contributed by atoms with van der Waals surface area (Å²) in [5.41, 5.74) is 1.56. The first kappa shape index (κ1) is 16.1. The number of hydrogen-bond acceptors (Lipinski definition) is 4. The van der Waals surface area contributed by atoms with E-state index in [0.717, 1.165) is 0 Å². The number of aromatic nitrogens is 2. The highest BCUT2D eigenvalue weighted by molar-refractivity contribution is 5.99. The number of nitrogens with zero attached hydrogens (tertiary/aromatic N) is 1. The molecule has 0 bridgehead atoms. The molecule has 0 fully saturated rings. The molecule has 1 atom stereocenters. The van der Waals surface area contributed by atoms with Crippen LogP contribution in [0.15, 0.2) is 30.5 Å². The molecular formula is C15H18FN3O3. The second-order valence-electron chi connectivity index (χ2n) is 4.82. The molecule has 3 N–H and O–H groups in total. The van der Waals surface area contributed by atoms with Gasteiger partial charge < -0.3 is 15.2 Å². The molecule has 0 aliphatic carbocycles. The highest BCUT2D eigenvalue weighted by atomic mass is 19.1. The first-order valence-corrected chi connectivity index (χ1v) is 6.86. The third kappa shape index (κ3) is 4.12. The van der Waals surface area contributed by atoms with Crippen molar-refractivity contribution < 1.29 is 19.0 Å². The van der Waals surface area contributed by atoms with Crippen molar-refractivity contribution in [2.75, 3.05) is 20.3 Å². The highest BCUT2D eigenvalue weighted by Crippen LogP contribution is 2.21. The van der Waals surface area contributed by atoms with Gasteiger partial charge in [0.05, 0.1) is 30.2 Å². The van der Waals surface area contributed by atoms with Gasteiger partial charge in [0.15, 0.2) is 0 Å². The summed E-state index contributed by atoms with van der Waals surface area (Å²) >= 11 is 0. The molecule has 22 heavy (non-hydrogen) atoms. The van der Waals surface area contributed by atoms with Gasteiger partial charge in [-0.2, -0.15) is 5.10 Å². The fourth-order valence-electron chi connectivity index (χ4n) is 2.02. The second-order valence-corrected chi connectivity index (χ2v) is 4.82. The predicted molar refractivity (Wildman–Crippen MR) is 78.8 cm³/mol. The van der Waals surface area contributed by atoms with Gasteiger partial charge in [-0.3, -0.25) is 9.89 Å². The maximum atomic E-state index is 13.0. The molecule has 0 aliphatic heterocycles. The topological polar surface area (TPSA) is 87.2 Å². The number of carbonyl (C=O) groups excluding carboxylic acids is 1. The summed E-state index contributed by atoms with van der Waals surface area (Å²) in [5.74, 6) is -0.654. The molecule has 0 spiro atoms. The fraction of sp³-hybridized carbons (Fsp3) is 0.333. The number of amides is 1. The van der Waals surface area contributed by atoms with Gasteiger partial charge in [0.2, 0.25) is 0 Å². The van der Waals surface area contributed by atoms with Crippen molar-refractivity contribution in [2.45, 2.75) is 12.5 Å². The molecule has 0 aliphatic rings. The van der Waals surface area contributed by atoms with Crippen molar-refractivity contribution in [3.05, 3.63) is 41.8 Å². The Balaban J connectivity index is 1.99. The number of methoxy groups -OCH3 is 1. The quantitative estimate of drug-likeness (QED) is 0.720. The molecule has 1 amide bonds. The summed E-state index contributed by atoms with van der Waals surface area (Å²) in [7, 11) is 1.50. The number of aromatic amines is 1. The van der Waals surface area contributed by atoms with E-state index in [4.69, 9.17) is 4.74 Å². The van der Waals surface area contributed by atoms with Crippen molar-refractivity contribution in [3.63, 3.8) is 0 Å². The molecule has 1 unspecified atom stereocenters. The Hall–Kier alpha value is -2.25. The lowest BCUT2D eigenvalue weighted by Gasteiger charge is -2.10. The largest absolute Gasteiger partial charge is 0.391 e. The van der Waals surface area contributed by atoms with Crippen molar-refractivity contribution >= 4 is 5.91 Å². The Morgan fingerprint density at radius 1 is 1.45 bits per heavy atom. The number of nitrogens with one attached hydrogen (secondary N) is 2. The molecule has 6 nitrogen and oxygen atoms in total. The minimum absolute atomic E-state index is 0.225. The van der Waals surface area contributed by atoms with Crippen LogP contribution in [0.4, 0.5) is 4.39 Å². The average molecular weight is 307 g/mol. The van der Waals surface area contributed by atoms with Crippen molar-refractivity contribution in [1.29, 1.82) is 0 Å². The van der Waals surface area contributed by atoms with Crippen molar-refractivity contribution in [2.24, 2.45) is 0 Å². The minimum atomic E-state index is -0.619. The van der Waals surface area contributed by atoms with Crippen LogP contribution in [-0.4, -0.2) is 47.6 Å². The number of carbonyl (C=O) groups is 1. The molecule has 0 saturated heterocycles. The maximum Gasteiger partial charge on any atom is 0.255 e. The van der Waals surface area contributed by atoms with Crippen LogP contribution in [0.25, 0.3) is 11.3 Å².